The van der Waals surface area contributed by atoms with Crippen LogP contribution < -0.4 is 5.32 Å². The molecule has 2 unspecified atom stereocenters. The molecule has 3 aliphatic rings. The maximum absolute atomic E-state index is 13.4. The van der Waals surface area contributed by atoms with Gasteiger partial charge < -0.3 is 20.1 Å². The summed E-state index contributed by atoms with van der Waals surface area (Å²) in [6.07, 6.45) is 2.84. The molecule has 2 aromatic carbocycles. The number of aliphatic carboxylic acids is 1. The van der Waals surface area contributed by atoms with E-state index in [9.17, 15) is 19.5 Å². The Kier molecular flexibility index (Phi) is 6.50. The van der Waals surface area contributed by atoms with Crippen LogP contribution in [0.4, 0.5) is 4.79 Å². The number of carboxylic acids is 1. The van der Waals surface area contributed by atoms with E-state index in [2.05, 4.69) is 29.6 Å². The first kappa shape index (κ1) is 23.4. The average molecular weight is 477 g/mol. The van der Waals surface area contributed by atoms with Crippen LogP contribution in [0.1, 0.15) is 56.1 Å². The Bertz CT molecular complexity index is 1090. The minimum absolute atomic E-state index is 0.0166. The van der Waals surface area contributed by atoms with Gasteiger partial charge in [-0.2, -0.15) is 0 Å². The number of benzene rings is 2. The Morgan fingerprint density at radius 3 is 2.26 bits per heavy atom. The smallest absolute Gasteiger partial charge is 0.407 e. The van der Waals surface area contributed by atoms with Gasteiger partial charge in [-0.05, 0) is 47.9 Å². The van der Waals surface area contributed by atoms with Crippen LogP contribution in [0.3, 0.4) is 0 Å². The zero-order valence-corrected chi connectivity index (χ0v) is 20.0. The van der Waals surface area contributed by atoms with E-state index in [4.69, 9.17) is 4.74 Å². The molecule has 1 heterocycles. The lowest BCUT2D eigenvalue weighted by Gasteiger charge is -2.30. The fourth-order valence-electron chi connectivity index (χ4n) is 6.35. The molecular weight excluding hydrogens is 444 g/mol. The fourth-order valence-corrected chi connectivity index (χ4v) is 6.35. The van der Waals surface area contributed by atoms with Crippen molar-refractivity contribution < 1.29 is 24.2 Å². The van der Waals surface area contributed by atoms with Crippen molar-refractivity contribution in [2.24, 2.45) is 11.8 Å². The molecule has 0 spiro atoms. The third-order valence-electron chi connectivity index (χ3n) is 8.04. The number of carbonyl (C=O) groups excluding carboxylic acids is 2. The number of hydrogen-bond donors (Lipinski definition) is 2. The Morgan fingerprint density at radius 1 is 0.971 bits per heavy atom. The Labute approximate surface area is 205 Å². The predicted molar refractivity (Wildman–Crippen MR) is 131 cm³/mol. The summed E-state index contributed by atoms with van der Waals surface area (Å²) >= 11 is 0. The minimum Gasteiger partial charge on any atom is -0.481 e. The lowest BCUT2D eigenvalue weighted by atomic mass is 9.96. The number of amides is 2. The summed E-state index contributed by atoms with van der Waals surface area (Å²) in [5.41, 5.74) is 4.66. The van der Waals surface area contributed by atoms with E-state index in [0.717, 1.165) is 17.5 Å². The normalized spacial score (nSPS) is 25.2. The van der Waals surface area contributed by atoms with Crippen LogP contribution in [0.2, 0.25) is 0 Å². The molecule has 0 radical (unpaired) electrons. The number of carboxylic acid groups (broad SMARTS) is 1. The maximum Gasteiger partial charge on any atom is 0.407 e. The molecule has 1 saturated heterocycles. The second-order valence-electron chi connectivity index (χ2n) is 9.85. The van der Waals surface area contributed by atoms with Crippen LogP contribution in [-0.2, 0) is 14.3 Å². The van der Waals surface area contributed by atoms with Gasteiger partial charge in [0, 0.05) is 24.5 Å². The van der Waals surface area contributed by atoms with Crippen LogP contribution in [0, 0.1) is 11.8 Å². The summed E-state index contributed by atoms with van der Waals surface area (Å²) < 4.78 is 5.69. The topological polar surface area (TPSA) is 95.9 Å². The molecule has 184 valence electrons. The van der Waals surface area contributed by atoms with E-state index in [1.807, 2.05) is 31.2 Å². The second kappa shape index (κ2) is 9.72. The molecular formula is C28H32N2O5. The van der Waals surface area contributed by atoms with Crippen LogP contribution in [-0.4, -0.2) is 53.2 Å². The molecule has 7 heteroatoms. The summed E-state index contributed by atoms with van der Waals surface area (Å²) in [6.45, 7) is 2.62. The van der Waals surface area contributed by atoms with Crippen molar-refractivity contribution in [1.82, 2.24) is 10.2 Å². The van der Waals surface area contributed by atoms with Crippen molar-refractivity contribution in [3.63, 3.8) is 0 Å². The summed E-state index contributed by atoms with van der Waals surface area (Å²) in [5.74, 6) is -1.75. The van der Waals surface area contributed by atoms with E-state index in [-0.39, 0.29) is 36.4 Å². The van der Waals surface area contributed by atoms with E-state index in [1.54, 1.807) is 4.90 Å². The van der Waals surface area contributed by atoms with E-state index in [0.29, 0.717) is 32.2 Å². The van der Waals surface area contributed by atoms with Gasteiger partial charge in [0.2, 0.25) is 5.91 Å². The molecule has 1 saturated carbocycles. The monoisotopic (exact) mass is 476 g/mol. The lowest BCUT2D eigenvalue weighted by molar-refractivity contribution is -0.144. The fraction of sp³-hybridized carbons (Fsp3) is 0.464. The molecule has 2 aromatic rings. The van der Waals surface area contributed by atoms with Gasteiger partial charge in [-0.1, -0.05) is 61.9 Å². The molecule has 5 rings (SSSR count). The number of fused-ring (bicyclic) bond motifs is 3. The highest BCUT2D eigenvalue weighted by Gasteiger charge is 2.44. The average Bonchev–Trinajstić information content (AvgIpc) is 3.58. The highest BCUT2D eigenvalue weighted by atomic mass is 16.5. The Morgan fingerprint density at radius 2 is 1.63 bits per heavy atom. The number of nitrogens with one attached hydrogen (secondary N) is 1. The van der Waals surface area contributed by atoms with Gasteiger partial charge in [0.15, 0.2) is 0 Å². The molecule has 0 bridgehead atoms. The van der Waals surface area contributed by atoms with E-state index >= 15 is 0 Å². The first-order chi connectivity index (χ1) is 17.0. The first-order valence-corrected chi connectivity index (χ1v) is 12.6. The van der Waals surface area contributed by atoms with Gasteiger partial charge in [-0.3, -0.25) is 9.59 Å². The van der Waals surface area contributed by atoms with Crippen molar-refractivity contribution in [3.05, 3.63) is 59.7 Å². The van der Waals surface area contributed by atoms with Gasteiger partial charge in [0.05, 0.1) is 11.8 Å². The highest BCUT2D eigenvalue weighted by molar-refractivity contribution is 5.83. The van der Waals surface area contributed by atoms with Crippen molar-refractivity contribution >= 4 is 18.0 Å². The highest BCUT2D eigenvalue weighted by Crippen LogP contribution is 2.44. The number of carbonyl (C=O) groups is 3. The van der Waals surface area contributed by atoms with E-state index in [1.165, 1.54) is 11.1 Å². The molecule has 4 atom stereocenters. The van der Waals surface area contributed by atoms with Gasteiger partial charge in [0.25, 0.3) is 0 Å². The third-order valence-corrected chi connectivity index (χ3v) is 8.04. The third kappa shape index (κ3) is 4.28. The van der Waals surface area contributed by atoms with Crippen molar-refractivity contribution in [1.29, 1.82) is 0 Å². The largest absolute Gasteiger partial charge is 0.481 e. The van der Waals surface area contributed by atoms with Crippen LogP contribution in [0.5, 0.6) is 0 Å². The molecule has 2 aliphatic carbocycles. The van der Waals surface area contributed by atoms with Crippen LogP contribution in [0.25, 0.3) is 11.1 Å². The number of nitrogens with zero attached hydrogens (tertiary/aromatic N) is 1. The van der Waals surface area contributed by atoms with Crippen molar-refractivity contribution in [3.8, 4) is 11.1 Å². The van der Waals surface area contributed by atoms with Gasteiger partial charge in [-0.15, -0.1) is 0 Å². The Balaban J connectivity index is 1.22. The van der Waals surface area contributed by atoms with Crippen molar-refractivity contribution in [2.45, 2.75) is 57.0 Å². The van der Waals surface area contributed by atoms with Gasteiger partial charge in [-0.25, -0.2) is 4.79 Å². The molecule has 2 amide bonds. The zero-order chi connectivity index (χ0) is 24.5. The number of likely N-dealkylation sites (tertiary alicyclic amines) is 1. The number of ether oxygens (including phenoxy) is 1. The number of hydrogen-bond acceptors (Lipinski definition) is 4. The van der Waals surface area contributed by atoms with Gasteiger partial charge >= 0.3 is 12.1 Å². The van der Waals surface area contributed by atoms with Crippen LogP contribution in [0.15, 0.2) is 48.5 Å². The summed E-state index contributed by atoms with van der Waals surface area (Å²) in [5, 5.41) is 12.5. The van der Waals surface area contributed by atoms with E-state index < -0.39 is 18.0 Å². The number of alkyl carbamates (subject to hydrolysis) is 1. The molecule has 35 heavy (non-hydrogen) atoms. The minimum atomic E-state index is -0.841. The quantitative estimate of drug-likeness (QED) is 0.644. The SMILES string of the molecule is CCC1C(C(=O)O)CCN1C(=O)[C@H]1CCC[C@H]1NC(=O)OCC1c2ccccc2-c2ccccc21. The van der Waals surface area contributed by atoms with Crippen molar-refractivity contribution in [2.75, 3.05) is 13.2 Å². The summed E-state index contributed by atoms with van der Waals surface area (Å²) in [4.78, 5) is 39.5. The molecule has 7 nitrogen and oxygen atoms in total. The first-order valence-electron chi connectivity index (χ1n) is 12.6. The zero-order valence-electron chi connectivity index (χ0n) is 20.0. The lowest BCUT2D eigenvalue weighted by Crippen LogP contribution is -2.48. The van der Waals surface area contributed by atoms with Crippen LogP contribution >= 0.6 is 0 Å². The number of rotatable bonds is 6. The Hall–Kier alpha value is -3.35. The van der Waals surface area contributed by atoms with Gasteiger partial charge in [0.1, 0.15) is 6.61 Å². The molecule has 0 aromatic heterocycles. The second-order valence-corrected chi connectivity index (χ2v) is 9.85. The predicted octanol–water partition coefficient (Wildman–Crippen LogP) is 4.41. The maximum atomic E-state index is 13.4. The summed E-state index contributed by atoms with van der Waals surface area (Å²) in [7, 11) is 0. The molecule has 1 aliphatic heterocycles. The summed E-state index contributed by atoms with van der Waals surface area (Å²) in [6, 6.07) is 15.8. The standard InChI is InChI=1S/C28H32N2O5/c1-2-25-22(27(32)33)14-15-30(25)26(31)21-12-7-13-24(21)29-28(34)35-16-23-19-10-5-3-8-17(19)18-9-4-6-11-20(18)23/h3-6,8-11,21-25H,2,7,12-16H2,1H3,(H,29,34)(H,32,33)/t21-,22?,24+,25?/m0/s1. The molecule has 2 fully saturated rings. The molecule has 2 N–H and O–H groups in total.